The Bertz CT molecular complexity index is 1220. The number of aryl methyl sites for hydroxylation is 1. The van der Waals surface area contributed by atoms with E-state index in [0.29, 0.717) is 35.4 Å². The van der Waals surface area contributed by atoms with Crippen LogP contribution in [0.2, 0.25) is 0 Å². The van der Waals surface area contributed by atoms with Crippen LogP contribution < -0.4 is 10.5 Å². The van der Waals surface area contributed by atoms with Crippen molar-refractivity contribution in [2.45, 2.75) is 25.3 Å². The van der Waals surface area contributed by atoms with Crippen molar-refractivity contribution >= 4 is 17.8 Å². The van der Waals surface area contributed by atoms with E-state index in [2.05, 4.69) is 0 Å². The van der Waals surface area contributed by atoms with Crippen molar-refractivity contribution < 1.29 is 24.2 Å². The van der Waals surface area contributed by atoms with Gasteiger partial charge in [-0.05, 0) is 36.6 Å². The average Bonchev–Trinajstić information content (AvgIpc) is 2.83. The number of rotatable bonds is 8. The van der Waals surface area contributed by atoms with E-state index in [4.69, 9.17) is 10.5 Å². The highest BCUT2D eigenvalue weighted by atomic mass is 16.5. The second-order valence-corrected chi connectivity index (χ2v) is 8.37. The van der Waals surface area contributed by atoms with E-state index < -0.39 is 23.8 Å². The maximum atomic E-state index is 13.6. The smallest absolute Gasteiger partial charge is 0.313 e. The molecule has 0 fully saturated rings. The van der Waals surface area contributed by atoms with Gasteiger partial charge in [-0.2, -0.15) is 0 Å². The summed E-state index contributed by atoms with van der Waals surface area (Å²) in [7, 11) is 0. The summed E-state index contributed by atoms with van der Waals surface area (Å²) in [5, 5.41) is 10.3. The average molecular weight is 459 g/mol. The SMILES string of the molecule is Cc1ccc(CCN2C(=O)c3ccccc3C(C(=O)O)C2c2ccccc2OCC(N)=O)cc1. The standard InChI is InChI=1S/C27H26N2O5/c1-17-10-12-18(13-11-17)14-15-29-25(21-8-4-5-9-22(21)34-16-23(28)30)24(27(32)33)19-6-2-3-7-20(19)26(29)31/h2-13,24-25H,14-16H2,1H3,(H2,28,30)(H,32,33). The van der Waals surface area contributed by atoms with E-state index in [0.717, 1.165) is 11.1 Å². The molecular formula is C27H26N2O5. The van der Waals surface area contributed by atoms with E-state index in [9.17, 15) is 19.5 Å². The first-order chi connectivity index (χ1) is 16.4. The van der Waals surface area contributed by atoms with Gasteiger partial charge in [0.25, 0.3) is 11.8 Å². The summed E-state index contributed by atoms with van der Waals surface area (Å²) in [5.41, 5.74) is 8.79. The Morgan fingerprint density at radius 2 is 1.62 bits per heavy atom. The molecule has 34 heavy (non-hydrogen) atoms. The fourth-order valence-electron chi connectivity index (χ4n) is 4.46. The van der Waals surface area contributed by atoms with Crippen LogP contribution in [0.4, 0.5) is 0 Å². The van der Waals surface area contributed by atoms with Crippen LogP contribution in [0.1, 0.15) is 44.6 Å². The van der Waals surface area contributed by atoms with Gasteiger partial charge in [0.2, 0.25) is 0 Å². The Morgan fingerprint density at radius 3 is 2.29 bits per heavy atom. The first-order valence-corrected chi connectivity index (χ1v) is 11.0. The number of nitrogens with two attached hydrogens (primary N) is 1. The van der Waals surface area contributed by atoms with E-state index >= 15 is 0 Å². The third kappa shape index (κ3) is 4.64. The lowest BCUT2D eigenvalue weighted by atomic mass is 9.79. The molecule has 1 heterocycles. The van der Waals surface area contributed by atoms with Crippen molar-refractivity contribution in [1.82, 2.24) is 4.90 Å². The molecule has 7 heteroatoms. The first-order valence-electron chi connectivity index (χ1n) is 11.0. The van der Waals surface area contributed by atoms with Crippen molar-refractivity contribution in [2.75, 3.05) is 13.2 Å². The molecule has 1 aliphatic rings. The lowest BCUT2D eigenvalue weighted by Crippen LogP contribution is -2.46. The molecule has 0 aliphatic carbocycles. The van der Waals surface area contributed by atoms with Gasteiger partial charge in [0.15, 0.2) is 6.61 Å². The molecule has 3 N–H and O–H groups in total. The molecule has 174 valence electrons. The molecule has 0 radical (unpaired) electrons. The molecule has 0 saturated heterocycles. The molecule has 1 aliphatic heterocycles. The minimum absolute atomic E-state index is 0.241. The molecule has 0 aromatic heterocycles. The van der Waals surface area contributed by atoms with Crippen molar-refractivity contribution in [3.8, 4) is 5.75 Å². The number of carboxylic acid groups (broad SMARTS) is 1. The number of hydrogen-bond acceptors (Lipinski definition) is 4. The Kier molecular flexibility index (Phi) is 6.63. The number of ether oxygens (including phenoxy) is 1. The fraction of sp³-hybridized carbons (Fsp3) is 0.222. The molecule has 2 unspecified atom stereocenters. The number of nitrogens with zero attached hydrogens (tertiary/aromatic N) is 1. The van der Waals surface area contributed by atoms with Gasteiger partial charge in [0.05, 0.1) is 6.04 Å². The summed E-state index contributed by atoms with van der Waals surface area (Å²) in [6.07, 6.45) is 0.557. The number of carbonyl (C=O) groups is 3. The number of hydrogen-bond donors (Lipinski definition) is 2. The number of carbonyl (C=O) groups excluding carboxylic acids is 2. The number of aliphatic carboxylic acids is 1. The Morgan fingerprint density at radius 1 is 0.971 bits per heavy atom. The van der Waals surface area contributed by atoms with Gasteiger partial charge >= 0.3 is 5.97 Å². The highest BCUT2D eigenvalue weighted by molar-refractivity contribution is 6.00. The lowest BCUT2D eigenvalue weighted by molar-refractivity contribution is -0.140. The van der Waals surface area contributed by atoms with E-state index in [1.807, 2.05) is 31.2 Å². The van der Waals surface area contributed by atoms with Crippen molar-refractivity contribution in [2.24, 2.45) is 5.73 Å². The largest absolute Gasteiger partial charge is 0.483 e. The van der Waals surface area contributed by atoms with Gasteiger partial charge in [-0.25, -0.2) is 0 Å². The molecule has 0 bridgehead atoms. The number of benzene rings is 3. The minimum Gasteiger partial charge on any atom is -0.483 e. The van der Waals surface area contributed by atoms with Crippen LogP contribution in [0.15, 0.2) is 72.8 Å². The quantitative estimate of drug-likeness (QED) is 0.537. The van der Waals surface area contributed by atoms with E-state index in [1.165, 1.54) is 0 Å². The van der Waals surface area contributed by atoms with Crippen LogP contribution in [-0.4, -0.2) is 40.9 Å². The number of carboxylic acids is 1. The van der Waals surface area contributed by atoms with Gasteiger partial charge in [-0.15, -0.1) is 0 Å². The molecule has 3 aromatic carbocycles. The highest BCUT2D eigenvalue weighted by Gasteiger charge is 2.45. The van der Waals surface area contributed by atoms with Gasteiger partial charge in [0.1, 0.15) is 11.7 Å². The van der Waals surface area contributed by atoms with Crippen LogP contribution in [0.3, 0.4) is 0 Å². The number of fused-ring (bicyclic) bond motifs is 1. The van der Waals surface area contributed by atoms with Crippen molar-refractivity contribution in [3.05, 3.63) is 101 Å². The minimum atomic E-state index is -1.05. The summed E-state index contributed by atoms with van der Waals surface area (Å²) >= 11 is 0. The monoisotopic (exact) mass is 458 g/mol. The zero-order chi connectivity index (χ0) is 24.2. The first kappa shape index (κ1) is 23.0. The predicted molar refractivity (Wildman–Crippen MR) is 127 cm³/mol. The zero-order valence-electron chi connectivity index (χ0n) is 18.8. The summed E-state index contributed by atoms with van der Waals surface area (Å²) in [6.45, 7) is 1.97. The summed E-state index contributed by atoms with van der Waals surface area (Å²) in [4.78, 5) is 39.2. The number of primary amides is 1. The predicted octanol–water partition coefficient (Wildman–Crippen LogP) is 3.47. The number of amides is 2. The van der Waals surface area contributed by atoms with Gasteiger partial charge in [-0.3, -0.25) is 14.4 Å². The van der Waals surface area contributed by atoms with Crippen LogP contribution in [-0.2, 0) is 16.0 Å². The Balaban J connectivity index is 1.80. The molecule has 4 rings (SSSR count). The fourth-order valence-corrected chi connectivity index (χ4v) is 4.46. The number of para-hydroxylation sites is 1. The van der Waals surface area contributed by atoms with Crippen LogP contribution in [0.5, 0.6) is 5.75 Å². The summed E-state index contributed by atoms with van der Waals surface area (Å²) in [5.74, 6) is -2.62. The molecule has 0 saturated carbocycles. The second-order valence-electron chi connectivity index (χ2n) is 8.37. The second kappa shape index (κ2) is 9.79. The Hall–Kier alpha value is -4.13. The van der Waals surface area contributed by atoms with Crippen LogP contribution in [0, 0.1) is 6.92 Å². The third-order valence-electron chi connectivity index (χ3n) is 6.07. The molecule has 2 atom stereocenters. The van der Waals surface area contributed by atoms with E-state index in [-0.39, 0.29) is 12.5 Å². The van der Waals surface area contributed by atoms with Crippen LogP contribution in [0.25, 0.3) is 0 Å². The van der Waals surface area contributed by atoms with Crippen molar-refractivity contribution in [3.63, 3.8) is 0 Å². The Labute approximate surface area is 197 Å². The molecule has 3 aromatic rings. The molecule has 0 spiro atoms. The third-order valence-corrected chi connectivity index (χ3v) is 6.07. The zero-order valence-corrected chi connectivity index (χ0v) is 18.8. The maximum Gasteiger partial charge on any atom is 0.313 e. The van der Waals surface area contributed by atoms with Gasteiger partial charge in [0, 0.05) is 17.7 Å². The highest BCUT2D eigenvalue weighted by Crippen LogP contribution is 2.45. The normalized spacial score (nSPS) is 17.2. The topological polar surface area (TPSA) is 110 Å². The van der Waals surface area contributed by atoms with Gasteiger partial charge < -0.3 is 20.5 Å². The molecular weight excluding hydrogens is 432 g/mol. The molecule has 7 nitrogen and oxygen atoms in total. The molecule has 2 amide bonds. The van der Waals surface area contributed by atoms with Gasteiger partial charge in [-0.1, -0.05) is 66.2 Å². The lowest BCUT2D eigenvalue weighted by Gasteiger charge is -2.41. The summed E-state index contributed by atoms with van der Waals surface area (Å²) < 4.78 is 5.62. The summed E-state index contributed by atoms with van der Waals surface area (Å²) in [6, 6.07) is 20.9. The van der Waals surface area contributed by atoms with Crippen LogP contribution >= 0.6 is 0 Å². The van der Waals surface area contributed by atoms with Crippen molar-refractivity contribution in [1.29, 1.82) is 0 Å². The van der Waals surface area contributed by atoms with E-state index in [1.54, 1.807) is 53.4 Å². The maximum absolute atomic E-state index is 13.6.